The van der Waals surface area contributed by atoms with Crippen LogP contribution in [-0.4, -0.2) is 62.4 Å². The number of hydrogen-bond donors (Lipinski definition) is 2. The fraction of sp³-hybridized carbons (Fsp3) is 0.500. The van der Waals surface area contributed by atoms with E-state index in [1.54, 1.807) is 0 Å². The van der Waals surface area contributed by atoms with Gasteiger partial charge in [-0.25, -0.2) is 4.98 Å². The van der Waals surface area contributed by atoms with Crippen LogP contribution in [-0.2, 0) is 11.3 Å². The van der Waals surface area contributed by atoms with Gasteiger partial charge in [-0.05, 0) is 44.0 Å². The molecule has 7 heteroatoms. The van der Waals surface area contributed by atoms with Crippen LogP contribution < -0.4 is 20.4 Å². The SMILES string of the molecule is CN=C(NCc1ccc(N2CC(C)OC(C)C2)nc1)NC1CCN(c2ccccc2)C1. The van der Waals surface area contributed by atoms with Crippen molar-refractivity contribution in [2.75, 3.05) is 43.0 Å². The number of para-hydroxylation sites is 1. The maximum Gasteiger partial charge on any atom is 0.191 e. The minimum atomic E-state index is 0.231. The van der Waals surface area contributed by atoms with Gasteiger partial charge < -0.3 is 25.2 Å². The largest absolute Gasteiger partial charge is 0.372 e. The van der Waals surface area contributed by atoms with Crippen LogP contribution in [0, 0.1) is 0 Å². The van der Waals surface area contributed by atoms with Crippen LogP contribution in [0.15, 0.2) is 53.7 Å². The third-order valence-electron chi connectivity index (χ3n) is 5.89. The second-order valence-corrected chi connectivity index (χ2v) is 8.52. The molecule has 2 aromatic rings. The summed E-state index contributed by atoms with van der Waals surface area (Å²) in [7, 11) is 1.82. The molecule has 2 N–H and O–H groups in total. The molecule has 0 saturated carbocycles. The van der Waals surface area contributed by atoms with Crippen LogP contribution in [0.3, 0.4) is 0 Å². The van der Waals surface area contributed by atoms with Gasteiger partial charge in [0.2, 0.25) is 0 Å². The molecule has 7 nitrogen and oxygen atoms in total. The van der Waals surface area contributed by atoms with E-state index in [-0.39, 0.29) is 12.2 Å². The van der Waals surface area contributed by atoms with Crippen molar-refractivity contribution in [2.24, 2.45) is 4.99 Å². The van der Waals surface area contributed by atoms with E-state index >= 15 is 0 Å². The highest BCUT2D eigenvalue weighted by Crippen LogP contribution is 2.20. The van der Waals surface area contributed by atoms with Gasteiger partial charge in [0.15, 0.2) is 5.96 Å². The molecular formula is C24H34N6O. The average molecular weight is 423 g/mol. The Bertz CT molecular complexity index is 846. The highest BCUT2D eigenvalue weighted by atomic mass is 16.5. The number of nitrogens with one attached hydrogen (secondary N) is 2. The van der Waals surface area contributed by atoms with Crippen LogP contribution in [0.25, 0.3) is 0 Å². The van der Waals surface area contributed by atoms with E-state index in [0.717, 1.165) is 49.9 Å². The first-order chi connectivity index (χ1) is 15.1. The molecule has 0 aliphatic carbocycles. The quantitative estimate of drug-likeness (QED) is 0.571. The van der Waals surface area contributed by atoms with Gasteiger partial charge in [-0.1, -0.05) is 24.3 Å². The lowest BCUT2D eigenvalue weighted by molar-refractivity contribution is -0.00545. The Kier molecular flexibility index (Phi) is 6.92. The van der Waals surface area contributed by atoms with E-state index in [0.29, 0.717) is 12.6 Å². The second kappa shape index (κ2) is 10.0. The van der Waals surface area contributed by atoms with E-state index < -0.39 is 0 Å². The van der Waals surface area contributed by atoms with Gasteiger partial charge in [0.1, 0.15) is 5.82 Å². The van der Waals surface area contributed by atoms with E-state index in [4.69, 9.17) is 4.74 Å². The molecule has 0 bridgehead atoms. The molecule has 0 spiro atoms. The molecule has 0 amide bonds. The Labute approximate surface area is 185 Å². The van der Waals surface area contributed by atoms with Gasteiger partial charge >= 0.3 is 0 Å². The number of anilines is 2. The van der Waals surface area contributed by atoms with Crippen LogP contribution in [0.4, 0.5) is 11.5 Å². The lowest BCUT2D eigenvalue weighted by Gasteiger charge is -2.36. The molecule has 4 rings (SSSR count). The molecular weight excluding hydrogens is 388 g/mol. The Balaban J connectivity index is 1.26. The Morgan fingerprint density at radius 3 is 2.52 bits per heavy atom. The van der Waals surface area contributed by atoms with Crippen LogP contribution in [0.1, 0.15) is 25.8 Å². The fourth-order valence-electron chi connectivity index (χ4n) is 4.40. The van der Waals surface area contributed by atoms with Crippen molar-refractivity contribution in [3.63, 3.8) is 0 Å². The summed E-state index contributed by atoms with van der Waals surface area (Å²) in [6.07, 6.45) is 3.51. The Hall–Kier alpha value is -2.80. The zero-order chi connectivity index (χ0) is 21.6. The molecule has 3 atom stereocenters. The molecule has 2 aliphatic heterocycles. The molecule has 2 aliphatic rings. The number of guanidine groups is 1. The highest BCUT2D eigenvalue weighted by Gasteiger charge is 2.24. The summed E-state index contributed by atoms with van der Waals surface area (Å²) in [6.45, 7) is 8.73. The van der Waals surface area contributed by atoms with Crippen molar-refractivity contribution >= 4 is 17.5 Å². The van der Waals surface area contributed by atoms with E-state index in [9.17, 15) is 0 Å². The van der Waals surface area contributed by atoms with Gasteiger partial charge in [0.25, 0.3) is 0 Å². The molecule has 2 saturated heterocycles. The molecule has 1 aromatic carbocycles. The van der Waals surface area contributed by atoms with Gasteiger partial charge in [-0.3, -0.25) is 4.99 Å². The van der Waals surface area contributed by atoms with E-state index in [1.807, 2.05) is 13.2 Å². The zero-order valence-electron chi connectivity index (χ0n) is 18.8. The normalized spacial score (nSPS) is 24.4. The molecule has 166 valence electrons. The maximum atomic E-state index is 5.82. The van der Waals surface area contributed by atoms with Crippen molar-refractivity contribution in [1.82, 2.24) is 15.6 Å². The first-order valence-corrected chi connectivity index (χ1v) is 11.2. The van der Waals surface area contributed by atoms with Crippen molar-refractivity contribution in [3.05, 3.63) is 54.2 Å². The smallest absolute Gasteiger partial charge is 0.191 e. The number of nitrogens with zero attached hydrogens (tertiary/aromatic N) is 4. The predicted octanol–water partition coefficient (Wildman–Crippen LogP) is 2.64. The summed E-state index contributed by atoms with van der Waals surface area (Å²) >= 11 is 0. The number of ether oxygens (including phenoxy) is 1. The van der Waals surface area contributed by atoms with Gasteiger partial charge in [0, 0.05) is 57.7 Å². The first kappa shape index (κ1) is 21.4. The third-order valence-corrected chi connectivity index (χ3v) is 5.89. The van der Waals surface area contributed by atoms with Crippen LogP contribution in [0.5, 0.6) is 0 Å². The number of hydrogen-bond acceptors (Lipinski definition) is 5. The highest BCUT2D eigenvalue weighted by molar-refractivity contribution is 5.80. The summed E-state index contributed by atoms with van der Waals surface area (Å²) in [6, 6.07) is 15.2. The summed E-state index contributed by atoms with van der Waals surface area (Å²) in [4.78, 5) is 13.8. The zero-order valence-corrected chi connectivity index (χ0v) is 18.8. The number of pyridine rings is 1. The average Bonchev–Trinajstić information content (AvgIpc) is 3.25. The van der Waals surface area contributed by atoms with Gasteiger partial charge in [-0.2, -0.15) is 0 Å². The van der Waals surface area contributed by atoms with E-state index in [1.165, 1.54) is 5.69 Å². The molecule has 31 heavy (non-hydrogen) atoms. The van der Waals surface area contributed by atoms with E-state index in [2.05, 4.69) is 86.7 Å². The number of morpholine rings is 1. The molecule has 1 aromatic heterocycles. The maximum absolute atomic E-state index is 5.82. The van der Waals surface area contributed by atoms with Crippen LogP contribution in [0.2, 0.25) is 0 Å². The van der Waals surface area contributed by atoms with Crippen molar-refractivity contribution in [2.45, 2.75) is 45.1 Å². The summed E-state index contributed by atoms with van der Waals surface area (Å²) in [5.74, 6) is 1.85. The minimum absolute atomic E-state index is 0.231. The number of rotatable bonds is 5. The van der Waals surface area contributed by atoms with Crippen LogP contribution >= 0.6 is 0 Å². The molecule has 3 unspecified atom stereocenters. The van der Waals surface area contributed by atoms with Crippen molar-refractivity contribution < 1.29 is 4.74 Å². The third kappa shape index (κ3) is 5.67. The van der Waals surface area contributed by atoms with Crippen molar-refractivity contribution in [1.29, 1.82) is 0 Å². The lowest BCUT2D eigenvalue weighted by Crippen LogP contribution is -2.45. The standard InChI is InChI=1S/C24H34N6O/c1-18-15-30(16-19(2)31-18)23-10-9-20(13-26-23)14-27-24(25-3)28-21-11-12-29(17-21)22-7-5-4-6-8-22/h4-10,13,18-19,21H,11-12,14-17H2,1-3H3,(H2,25,27,28). The predicted molar refractivity (Wildman–Crippen MR) is 127 cm³/mol. The molecule has 2 fully saturated rings. The molecule has 3 heterocycles. The minimum Gasteiger partial charge on any atom is -0.372 e. The van der Waals surface area contributed by atoms with Gasteiger partial charge in [0.05, 0.1) is 12.2 Å². The Morgan fingerprint density at radius 2 is 1.84 bits per heavy atom. The first-order valence-electron chi connectivity index (χ1n) is 11.2. The fourth-order valence-corrected chi connectivity index (χ4v) is 4.40. The van der Waals surface area contributed by atoms with Gasteiger partial charge in [-0.15, -0.1) is 0 Å². The summed E-state index contributed by atoms with van der Waals surface area (Å²) < 4.78 is 5.82. The summed E-state index contributed by atoms with van der Waals surface area (Å²) in [5.41, 5.74) is 2.42. The number of aromatic nitrogens is 1. The number of benzene rings is 1. The summed E-state index contributed by atoms with van der Waals surface area (Å²) in [5, 5.41) is 6.99. The molecule has 0 radical (unpaired) electrons. The second-order valence-electron chi connectivity index (χ2n) is 8.52. The lowest BCUT2D eigenvalue weighted by atomic mass is 10.2. The number of aliphatic imine (C=N–C) groups is 1. The van der Waals surface area contributed by atoms with Crippen molar-refractivity contribution in [3.8, 4) is 0 Å². The Morgan fingerprint density at radius 1 is 1.06 bits per heavy atom. The monoisotopic (exact) mass is 422 g/mol. The topological polar surface area (TPSA) is 65.0 Å².